The summed E-state index contributed by atoms with van der Waals surface area (Å²) in [7, 11) is 1.89. The van der Waals surface area contributed by atoms with E-state index < -0.39 is 5.92 Å². The summed E-state index contributed by atoms with van der Waals surface area (Å²) in [6, 6.07) is 13.4. The molecule has 3 aromatic rings. The molecule has 1 atom stereocenters. The van der Waals surface area contributed by atoms with Crippen LogP contribution in [-0.2, 0) is 16.6 Å². The summed E-state index contributed by atoms with van der Waals surface area (Å²) in [6.45, 7) is 4.61. The number of amides is 2. The normalized spacial score (nSPS) is 16.2. The highest BCUT2D eigenvalue weighted by Crippen LogP contribution is 2.29. The summed E-state index contributed by atoms with van der Waals surface area (Å²) in [4.78, 5) is 28.3. The zero-order valence-electron chi connectivity index (χ0n) is 17.1. The summed E-state index contributed by atoms with van der Waals surface area (Å²) in [5, 5.41) is 11.6. The number of benzene rings is 2. The predicted octanol–water partition coefficient (Wildman–Crippen LogP) is 3.57. The number of anilines is 2. The highest BCUT2D eigenvalue weighted by molar-refractivity contribution is 7.99. The maximum atomic E-state index is 12.8. The van der Waals surface area contributed by atoms with Gasteiger partial charge in [-0.1, -0.05) is 6.07 Å². The number of nitrogens with zero attached hydrogens (tertiary/aromatic N) is 4. The molecule has 1 unspecified atom stereocenters. The largest absolute Gasteiger partial charge is 0.325 e. The van der Waals surface area contributed by atoms with Gasteiger partial charge in [-0.25, -0.2) is 0 Å². The Balaban J connectivity index is 1.39. The fourth-order valence-electron chi connectivity index (χ4n) is 3.38. The van der Waals surface area contributed by atoms with Crippen molar-refractivity contribution in [2.24, 2.45) is 13.0 Å². The van der Waals surface area contributed by atoms with E-state index >= 15 is 0 Å². The van der Waals surface area contributed by atoms with Gasteiger partial charge in [0.05, 0.1) is 0 Å². The number of carbonyl (C=O) groups is 2. The molecule has 0 bridgehead atoms. The van der Waals surface area contributed by atoms with Crippen LogP contribution in [0.2, 0.25) is 0 Å². The van der Waals surface area contributed by atoms with Crippen molar-refractivity contribution >= 4 is 35.0 Å². The van der Waals surface area contributed by atoms with Crippen LogP contribution in [0, 0.1) is 19.8 Å². The highest BCUT2D eigenvalue weighted by atomic mass is 32.2. The second-order valence-electron chi connectivity index (χ2n) is 7.44. The van der Waals surface area contributed by atoms with E-state index in [0.717, 1.165) is 21.3 Å². The molecule has 1 fully saturated rings. The first-order chi connectivity index (χ1) is 14.4. The minimum Gasteiger partial charge on any atom is -0.325 e. The molecule has 2 aromatic carbocycles. The SMILES string of the molecule is Cc1ccc(N2CCC(C(=O)Nc3ccc(Sc4nncn4C)cc3)C2=O)cc1C. The maximum Gasteiger partial charge on any atom is 0.239 e. The second kappa shape index (κ2) is 8.31. The molecule has 30 heavy (non-hydrogen) atoms. The summed E-state index contributed by atoms with van der Waals surface area (Å²) in [5.74, 6) is -1.08. The van der Waals surface area contributed by atoms with Gasteiger partial charge in [0.1, 0.15) is 12.2 Å². The Labute approximate surface area is 179 Å². The van der Waals surface area contributed by atoms with Crippen molar-refractivity contribution in [2.75, 3.05) is 16.8 Å². The number of nitrogens with one attached hydrogen (secondary N) is 1. The molecule has 1 N–H and O–H groups in total. The smallest absolute Gasteiger partial charge is 0.239 e. The van der Waals surface area contributed by atoms with Gasteiger partial charge < -0.3 is 14.8 Å². The molecule has 0 saturated carbocycles. The van der Waals surface area contributed by atoms with E-state index in [2.05, 4.69) is 15.5 Å². The van der Waals surface area contributed by atoms with Crippen molar-refractivity contribution in [1.29, 1.82) is 0 Å². The van der Waals surface area contributed by atoms with Crippen LogP contribution < -0.4 is 10.2 Å². The molecular weight excluding hydrogens is 398 g/mol. The van der Waals surface area contributed by atoms with Crippen LogP contribution >= 0.6 is 11.8 Å². The van der Waals surface area contributed by atoms with Gasteiger partial charge in [0.2, 0.25) is 11.8 Å². The molecule has 7 nitrogen and oxygen atoms in total. The van der Waals surface area contributed by atoms with Crippen LogP contribution in [0.3, 0.4) is 0 Å². The Morgan fingerprint density at radius 3 is 2.57 bits per heavy atom. The van der Waals surface area contributed by atoms with E-state index in [-0.39, 0.29) is 11.8 Å². The second-order valence-corrected chi connectivity index (χ2v) is 8.48. The third-order valence-corrected chi connectivity index (χ3v) is 6.39. The molecular formula is C22H23N5O2S. The van der Waals surface area contributed by atoms with Gasteiger partial charge in [-0.15, -0.1) is 10.2 Å². The average Bonchev–Trinajstić information content (AvgIpc) is 3.31. The van der Waals surface area contributed by atoms with Gasteiger partial charge in [0.25, 0.3) is 0 Å². The van der Waals surface area contributed by atoms with Crippen LogP contribution in [0.1, 0.15) is 17.5 Å². The first-order valence-corrected chi connectivity index (χ1v) is 10.6. The lowest BCUT2D eigenvalue weighted by atomic mass is 10.1. The van der Waals surface area contributed by atoms with Gasteiger partial charge in [0, 0.05) is 29.9 Å². The number of carbonyl (C=O) groups excluding carboxylic acids is 2. The number of rotatable bonds is 5. The number of aromatic nitrogens is 3. The quantitative estimate of drug-likeness (QED) is 0.637. The number of hydrogen-bond donors (Lipinski definition) is 1. The van der Waals surface area contributed by atoms with Crippen molar-refractivity contribution in [3.63, 3.8) is 0 Å². The molecule has 1 aliphatic rings. The van der Waals surface area contributed by atoms with Crippen molar-refractivity contribution in [2.45, 2.75) is 30.3 Å². The molecule has 0 radical (unpaired) electrons. The van der Waals surface area contributed by atoms with Gasteiger partial charge in [0.15, 0.2) is 5.16 Å². The van der Waals surface area contributed by atoms with Crippen LogP contribution in [0.15, 0.2) is 58.8 Å². The molecule has 1 aliphatic heterocycles. The first kappa shape index (κ1) is 20.2. The van der Waals surface area contributed by atoms with Crippen LogP contribution in [-0.4, -0.2) is 33.1 Å². The lowest BCUT2D eigenvalue weighted by molar-refractivity contribution is -0.129. The Bertz CT molecular complexity index is 1090. The molecule has 2 amide bonds. The fraction of sp³-hybridized carbons (Fsp3) is 0.273. The third kappa shape index (κ3) is 4.09. The van der Waals surface area contributed by atoms with Crippen molar-refractivity contribution in [3.05, 3.63) is 59.9 Å². The maximum absolute atomic E-state index is 12.8. The predicted molar refractivity (Wildman–Crippen MR) is 117 cm³/mol. The highest BCUT2D eigenvalue weighted by Gasteiger charge is 2.37. The summed E-state index contributed by atoms with van der Waals surface area (Å²) >= 11 is 1.49. The molecule has 1 aromatic heterocycles. The summed E-state index contributed by atoms with van der Waals surface area (Å²) < 4.78 is 1.84. The molecule has 1 saturated heterocycles. The number of aryl methyl sites for hydroxylation is 3. The van der Waals surface area contributed by atoms with Crippen molar-refractivity contribution in [3.8, 4) is 0 Å². The minimum atomic E-state index is -0.667. The van der Waals surface area contributed by atoms with E-state index in [9.17, 15) is 9.59 Å². The Hall–Kier alpha value is -3.13. The average molecular weight is 422 g/mol. The van der Waals surface area contributed by atoms with Gasteiger partial charge in [-0.2, -0.15) is 0 Å². The van der Waals surface area contributed by atoms with Crippen molar-refractivity contribution < 1.29 is 9.59 Å². The monoisotopic (exact) mass is 421 g/mol. The van der Waals surface area contributed by atoms with Crippen LogP contribution in [0.25, 0.3) is 0 Å². The standard InChI is InChI=1S/C22H23N5O2S/c1-14-4-7-17(12-15(14)2)27-11-10-19(21(27)29)20(28)24-16-5-8-18(9-6-16)30-22-25-23-13-26(22)3/h4-9,12-13,19H,10-11H2,1-3H3,(H,24,28). The molecule has 0 aliphatic carbocycles. The van der Waals surface area contributed by atoms with Gasteiger partial charge in [-0.05, 0) is 79.6 Å². The Morgan fingerprint density at radius 1 is 1.13 bits per heavy atom. The number of hydrogen-bond acceptors (Lipinski definition) is 5. The zero-order valence-corrected chi connectivity index (χ0v) is 17.9. The van der Waals surface area contributed by atoms with Crippen LogP contribution in [0.5, 0.6) is 0 Å². The van der Waals surface area contributed by atoms with E-state index in [0.29, 0.717) is 18.7 Å². The van der Waals surface area contributed by atoms with E-state index in [1.165, 1.54) is 17.3 Å². The van der Waals surface area contributed by atoms with E-state index in [4.69, 9.17) is 0 Å². The van der Waals surface area contributed by atoms with E-state index in [1.54, 1.807) is 11.2 Å². The summed E-state index contributed by atoms with van der Waals surface area (Å²) in [5.41, 5.74) is 3.83. The molecule has 8 heteroatoms. The topological polar surface area (TPSA) is 80.1 Å². The first-order valence-electron chi connectivity index (χ1n) is 9.74. The molecule has 4 rings (SSSR count). The van der Waals surface area contributed by atoms with Gasteiger partial charge >= 0.3 is 0 Å². The minimum absolute atomic E-state index is 0.148. The molecule has 154 valence electrons. The van der Waals surface area contributed by atoms with Crippen molar-refractivity contribution in [1.82, 2.24) is 14.8 Å². The van der Waals surface area contributed by atoms with Crippen LogP contribution in [0.4, 0.5) is 11.4 Å². The Morgan fingerprint density at radius 2 is 1.90 bits per heavy atom. The lowest BCUT2D eigenvalue weighted by Gasteiger charge is -2.18. The zero-order chi connectivity index (χ0) is 21.3. The molecule has 2 heterocycles. The lowest BCUT2D eigenvalue weighted by Crippen LogP contribution is -2.33. The fourth-order valence-corrected chi connectivity index (χ4v) is 4.14. The Kier molecular flexibility index (Phi) is 5.59. The van der Waals surface area contributed by atoms with Gasteiger partial charge in [-0.3, -0.25) is 9.59 Å². The van der Waals surface area contributed by atoms with E-state index in [1.807, 2.05) is 67.9 Å². The summed E-state index contributed by atoms with van der Waals surface area (Å²) in [6.07, 6.45) is 2.16. The third-order valence-electron chi connectivity index (χ3n) is 5.33. The molecule has 0 spiro atoms.